The van der Waals surface area contributed by atoms with Crippen LogP contribution >= 0.6 is 11.6 Å². The number of aryl methyl sites for hydroxylation is 1. The van der Waals surface area contributed by atoms with Crippen molar-refractivity contribution in [2.45, 2.75) is 13.3 Å². The normalized spacial score (nSPS) is 10.6. The highest BCUT2D eigenvalue weighted by Crippen LogP contribution is 2.12. The van der Waals surface area contributed by atoms with Gasteiger partial charge >= 0.3 is 6.03 Å². The maximum Gasteiger partial charge on any atom is 0.323 e. The monoisotopic (exact) mass is 300 g/mol. The lowest BCUT2D eigenvalue weighted by Crippen LogP contribution is -2.23. The number of hydrogen-bond acceptors (Lipinski definition) is 1. The average Bonchev–Trinajstić information content (AvgIpc) is 2.48. The van der Waals surface area contributed by atoms with Crippen LogP contribution in [0.1, 0.15) is 18.1 Å². The largest absolute Gasteiger partial charge is 0.323 e. The van der Waals surface area contributed by atoms with Gasteiger partial charge in [-0.25, -0.2) is 4.79 Å². The smallest absolute Gasteiger partial charge is 0.314 e. The number of anilines is 1. The van der Waals surface area contributed by atoms with Crippen molar-refractivity contribution in [2.24, 2.45) is 0 Å². The van der Waals surface area contributed by atoms with E-state index < -0.39 is 0 Å². The molecule has 4 heteroatoms. The van der Waals surface area contributed by atoms with Crippen LogP contribution in [-0.4, -0.2) is 6.03 Å². The molecule has 0 unspecified atom stereocenters. The Kier molecular flexibility index (Phi) is 5.41. The van der Waals surface area contributed by atoms with Crippen LogP contribution in [0.3, 0.4) is 0 Å². The Morgan fingerprint density at radius 2 is 1.95 bits per heavy atom. The molecule has 2 aromatic rings. The molecule has 2 amide bonds. The summed E-state index contributed by atoms with van der Waals surface area (Å²) in [6, 6.07) is 14.9. The molecule has 0 aliphatic rings. The number of amides is 2. The van der Waals surface area contributed by atoms with Crippen molar-refractivity contribution in [3.05, 3.63) is 70.9 Å². The molecule has 0 saturated carbocycles. The second-order valence-electron chi connectivity index (χ2n) is 4.54. The number of nitrogens with one attached hydrogen (secondary N) is 2. The van der Waals surface area contributed by atoms with Gasteiger partial charge in [0.05, 0.1) is 0 Å². The molecule has 0 bridgehead atoms. The summed E-state index contributed by atoms with van der Waals surface area (Å²) in [6.07, 6.45) is 4.35. The molecule has 0 aliphatic heterocycles. The number of carbonyl (C=O) groups is 1. The maximum absolute atomic E-state index is 11.7. The first-order chi connectivity index (χ1) is 10.2. The van der Waals surface area contributed by atoms with E-state index in [1.54, 1.807) is 18.3 Å². The second kappa shape index (κ2) is 7.50. The standard InChI is InChI=1S/C17H17ClN2O/c1-2-13-6-8-16(9-7-13)20-17(21)19-11-10-14-4-3-5-15(18)12-14/h3-12H,2H2,1H3,(H2,19,20,21)/b11-10+. The fourth-order valence-corrected chi connectivity index (χ4v) is 2.01. The molecule has 0 spiro atoms. The fourth-order valence-electron chi connectivity index (χ4n) is 1.81. The molecule has 21 heavy (non-hydrogen) atoms. The van der Waals surface area contributed by atoms with E-state index in [1.165, 1.54) is 5.56 Å². The van der Waals surface area contributed by atoms with E-state index in [9.17, 15) is 4.79 Å². The summed E-state index contributed by atoms with van der Waals surface area (Å²) in [4.78, 5) is 11.7. The van der Waals surface area contributed by atoms with Crippen molar-refractivity contribution in [3.8, 4) is 0 Å². The van der Waals surface area contributed by atoms with Crippen molar-refractivity contribution >= 4 is 29.4 Å². The number of rotatable bonds is 4. The zero-order chi connectivity index (χ0) is 15.1. The summed E-state index contributed by atoms with van der Waals surface area (Å²) in [7, 11) is 0. The molecule has 0 heterocycles. The van der Waals surface area contributed by atoms with Crippen LogP contribution in [0.25, 0.3) is 6.08 Å². The van der Waals surface area contributed by atoms with E-state index in [4.69, 9.17) is 11.6 Å². The Hall–Kier alpha value is -2.26. The minimum absolute atomic E-state index is 0.280. The van der Waals surface area contributed by atoms with Crippen molar-refractivity contribution in [2.75, 3.05) is 5.32 Å². The topological polar surface area (TPSA) is 41.1 Å². The Morgan fingerprint density at radius 1 is 1.19 bits per heavy atom. The molecule has 2 N–H and O–H groups in total. The molecule has 0 fully saturated rings. The highest BCUT2D eigenvalue weighted by molar-refractivity contribution is 6.30. The van der Waals surface area contributed by atoms with Crippen LogP contribution in [0.5, 0.6) is 0 Å². The molecule has 0 saturated heterocycles. The van der Waals surface area contributed by atoms with Crippen LogP contribution in [0.15, 0.2) is 54.7 Å². The van der Waals surface area contributed by atoms with Crippen molar-refractivity contribution in [3.63, 3.8) is 0 Å². The van der Waals surface area contributed by atoms with Gasteiger partial charge in [-0.2, -0.15) is 0 Å². The predicted octanol–water partition coefficient (Wildman–Crippen LogP) is 4.69. The summed E-state index contributed by atoms with van der Waals surface area (Å²) in [6.45, 7) is 2.09. The van der Waals surface area contributed by atoms with E-state index in [2.05, 4.69) is 17.6 Å². The van der Waals surface area contributed by atoms with Crippen LogP contribution in [0.4, 0.5) is 10.5 Å². The lowest BCUT2D eigenvalue weighted by atomic mass is 10.1. The Bertz CT molecular complexity index is 635. The van der Waals surface area contributed by atoms with Gasteiger partial charge in [0.2, 0.25) is 0 Å². The SMILES string of the molecule is CCc1ccc(NC(=O)N/C=C/c2cccc(Cl)c2)cc1. The molecule has 0 aromatic heterocycles. The Labute approximate surface area is 129 Å². The van der Waals surface area contributed by atoms with Gasteiger partial charge < -0.3 is 10.6 Å². The molecule has 2 aromatic carbocycles. The van der Waals surface area contributed by atoms with Gasteiger partial charge in [0.1, 0.15) is 0 Å². The number of benzene rings is 2. The molecule has 0 radical (unpaired) electrons. The van der Waals surface area contributed by atoms with E-state index >= 15 is 0 Å². The third-order valence-corrected chi connectivity index (χ3v) is 3.19. The fraction of sp³-hybridized carbons (Fsp3) is 0.118. The molecule has 108 valence electrons. The predicted molar refractivity (Wildman–Crippen MR) is 88.5 cm³/mol. The first-order valence-electron chi connectivity index (χ1n) is 6.76. The molecular weight excluding hydrogens is 284 g/mol. The number of urea groups is 1. The maximum atomic E-state index is 11.7. The number of hydrogen-bond donors (Lipinski definition) is 2. The number of halogens is 1. The molecule has 0 atom stereocenters. The highest BCUT2D eigenvalue weighted by atomic mass is 35.5. The summed E-state index contributed by atoms with van der Waals surface area (Å²) in [5.74, 6) is 0. The van der Waals surface area contributed by atoms with Gasteiger partial charge in [-0.3, -0.25) is 0 Å². The van der Waals surface area contributed by atoms with Gasteiger partial charge in [0.15, 0.2) is 0 Å². The lowest BCUT2D eigenvalue weighted by Gasteiger charge is -2.05. The van der Waals surface area contributed by atoms with Gasteiger partial charge in [0, 0.05) is 16.9 Å². The van der Waals surface area contributed by atoms with Crippen LogP contribution < -0.4 is 10.6 Å². The summed E-state index contributed by atoms with van der Waals surface area (Å²) in [5, 5.41) is 6.08. The van der Waals surface area contributed by atoms with Gasteiger partial charge in [-0.05, 0) is 47.9 Å². The van der Waals surface area contributed by atoms with Crippen LogP contribution in [0, 0.1) is 0 Å². The highest BCUT2D eigenvalue weighted by Gasteiger charge is 1.99. The zero-order valence-corrected chi connectivity index (χ0v) is 12.5. The Balaban J connectivity index is 1.86. The molecular formula is C17H17ClN2O. The molecule has 2 rings (SSSR count). The minimum atomic E-state index is -0.280. The summed E-state index contributed by atoms with van der Waals surface area (Å²) in [5.41, 5.74) is 2.93. The van der Waals surface area contributed by atoms with Crippen molar-refractivity contribution in [1.29, 1.82) is 0 Å². The van der Waals surface area contributed by atoms with Crippen LogP contribution in [-0.2, 0) is 6.42 Å². The van der Waals surface area contributed by atoms with Gasteiger partial charge in [-0.1, -0.05) is 42.8 Å². The van der Waals surface area contributed by atoms with E-state index in [0.717, 1.165) is 17.7 Å². The average molecular weight is 301 g/mol. The first kappa shape index (κ1) is 15.1. The minimum Gasteiger partial charge on any atom is -0.314 e. The zero-order valence-electron chi connectivity index (χ0n) is 11.8. The van der Waals surface area contributed by atoms with Crippen LogP contribution in [0.2, 0.25) is 5.02 Å². The quantitative estimate of drug-likeness (QED) is 0.844. The Morgan fingerprint density at radius 3 is 2.62 bits per heavy atom. The third-order valence-electron chi connectivity index (χ3n) is 2.96. The lowest BCUT2D eigenvalue weighted by molar-refractivity contribution is 0.255. The molecule has 0 aliphatic carbocycles. The summed E-state index contributed by atoms with van der Waals surface area (Å²) < 4.78 is 0. The first-order valence-corrected chi connectivity index (χ1v) is 7.14. The van der Waals surface area contributed by atoms with Gasteiger partial charge in [-0.15, -0.1) is 0 Å². The van der Waals surface area contributed by atoms with E-state index in [0.29, 0.717) is 5.02 Å². The van der Waals surface area contributed by atoms with Crippen molar-refractivity contribution < 1.29 is 4.79 Å². The van der Waals surface area contributed by atoms with Gasteiger partial charge in [0.25, 0.3) is 0 Å². The molecule has 3 nitrogen and oxygen atoms in total. The summed E-state index contributed by atoms with van der Waals surface area (Å²) >= 11 is 5.88. The van der Waals surface area contributed by atoms with E-state index in [-0.39, 0.29) is 6.03 Å². The third kappa shape index (κ3) is 4.97. The van der Waals surface area contributed by atoms with E-state index in [1.807, 2.05) is 42.5 Å². The van der Waals surface area contributed by atoms with Crippen molar-refractivity contribution in [1.82, 2.24) is 5.32 Å². The number of carbonyl (C=O) groups excluding carboxylic acids is 1. The second-order valence-corrected chi connectivity index (χ2v) is 4.97.